The highest BCUT2D eigenvalue weighted by Crippen LogP contribution is 2.21. The van der Waals surface area contributed by atoms with Gasteiger partial charge in [0.05, 0.1) is 38.7 Å². The third kappa shape index (κ3) is 9.05. The molecule has 0 aliphatic rings. The summed E-state index contributed by atoms with van der Waals surface area (Å²) in [6, 6.07) is 20.3. The number of halogens is 1. The molecule has 0 unspecified atom stereocenters. The SMILES string of the molecule is Cc1cc(C)c(S(=O)(=O)NCCC[N+](C)(C)CCCOc2ccc(C(=O)c3ccccc3)cc2)c(C)c1.[Br-]. The number of ether oxygens (including phenoxy) is 1. The van der Waals surface area contributed by atoms with E-state index >= 15 is 0 Å². The lowest BCUT2D eigenvalue weighted by Gasteiger charge is -2.30. The maximum atomic E-state index is 12.8. The summed E-state index contributed by atoms with van der Waals surface area (Å²) < 4.78 is 35.1. The van der Waals surface area contributed by atoms with Gasteiger partial charge in [0.15, 0.2) is 5.78 Å². The Morgan fingerprint density at radius 2 is 1.39 bits per heavy atom. The standard InChI is InChI=1S/C30H39N2O4S.BrH/c1-23-21-24(2)30(25(3)22-23)37(34,35)31-17-9-18-32(4,5)19-10-20-36-28-15-13-27(14-16-28)29(33)26-11-7-6-8-12-26;/h6-8,11-16,21-22,31H,9-10,17-20H2,1-5H3;1H/q+1;/p-1. The smallest absolute Gasteiger partial charge is 0.241 e. The van der Waals surface area contributed by atoms with E-state index in [0.717, 1.165) is 52.9 Å². The van der Waals surface area contributed by atoms with Gasteiger partial charge in [0, 0.05) is 30.5 Å². The second-order valence-corrected chi connectivity index (χ2v) is 12.0. The second-order valence-electron chi connectivity index (χ2n) is 10.3. The summed E-state index contributed by atoms with van der Waals surface area (Å²) in [6.07, 6.45) is 1.61. The van der Waals surface area contributed by atoms with Crippen molar-refractivity contribution in [2.24, 2.45) is 0 Å². The summed E-state index contributed by atoms with van der Waals surface area (Å²) in [6.45, 7) is 8.40. The highest BCUT2D eigenvalue weighted by Gasteiger charge is 2.20. The van der Waals surface area contributed by atoms with Crippen molar-refractivity contribution < 1.29 is 39.4 Å². The van der Waals surface area contributed by atoms with E-state index in [4.69, 9.17) is 4.74 Å². The zero-order valence-corrected chi connectivity index (χ0v) is 25.4. The average Bonchev–Trinajstić information content (AvgIpc) is 2.84. The molecule has 0 spiro atoms. The van der Waals surface area contributed by atoms with Crippen LogP contribution in [0.1, 0.15) is 45.5 Å². The van der Waals surface area contributed by atoms with Gasteiger partial charge in [-0.15, -0.1) is 0 Å². The molecule has 38 heavy (non-hydrogen) atoms. The van der Waals surface area contributed by atoms with Gasteiger partial charge in [-0.1, -0.05) is 48.0 Å². The zero-order valence-electron chi connectivity index (χ0n) is 23.0. The molecule has 0 aromatic heterocycles. The van der Waals surface area contributed by atoms with E-state index in [1.54, 1.807) is 12.1 Å². The number of carbonyl (C=O) groups excluding carboxylic acids is 1. The summed E-state index contributed by atoms with van der Waals surface area (Å²) >= 11 is 0. The number of rotatable bonds is 13. The van der Waals surface area contributed by atoms with Crippen molar-refractivity contribution in [3.05, 3.63) is 94.5 Å². The largest absolute Gasteiger partial charge is 1.00 e. The number of aryl methyl sites for hydroxylation is 3. The average molecular weight is 604 g/mol. The Morgan fingerprint density at radius 3 is 2.00 bits per heavy atom. The van der Waals surface area contributed by atoms with Crippen LogP contribution < -0.4 is 26.4 Å². The van der Waals surface area contributed by atoms with E-state index in [1.807, 2.05) is 75.4 Å². The number of ketones is 1. The number of hydrogen-bond acceptors (Lipinski definition) is 4. The molecule has 1 N–H and O–H groups in total. The van der Waals surface area contributed by atoms with Crippen LogP contribution in [0.5, 0.6) is 5.75 Å². The Hall–Kier alpha value is -2.52. The summed E-state index contributed by atoms with van der Waals surface area (Å²) in [7, 11) is 0.761. The Balaban J connectivity index is 0.00000507. The third-order valence-electron chi connectivity index (χ3n) is 6.43. The minimum absolute atomic E-state index is 0. The second kappa shape index (κ2) is 14.0. The summed E-state index contributed by atoms with van der Waals surface area (Å²) in [5.74, 6) is 0.739. The molecule has 3 aromatic carbocycles. The molecule has 6 nitrogen and oxygen atoms in total. The Kier molecular flexibility index (Phi) is 11.7. The molecule has 0 amide bonds. The van der Waals surface area contributed by atoms with Crippen LogP contribution in [0.2, 0.25) is 0 Å². The van der Waals surface area contributed by atoms with E-state index in [2.05, 4.69) is 18.8 Å². The third-order valence-corrected chi connectivity index (χ3v) is 8.20. The number of hydrogen-bond donors (Lipinski definition) is 1. The summed E-state index contributed by atoms with van der Waals surface area (Å²) in [5, 5.41) is 0. The minimum Gasteiger partial charge on any atom is -1.00 e. The molecular weight excluding hydrogens is 564 g/mol. The van der Waals surface area contributed by atoms with Crippen molar-refractivity contribution in [2.45, 2.75) is 38.5 Å². The molecule has 8 heteroatoms. The number of benzene rings is 3. The molecule has 0 atom stereocenters. The van der Waals surface area contributed by atoms with E-state index in [1.165, 1.54) is 0 Å². The Labute approximate surface area is 238 Å². The van der Waals surface area contributed by atoms with Gasteiger partial charge in [0.2, 0.25) is 10.0 Å². The van der Waals surface area contributed by atoms with Crippen molar-refractivity contribution in [2.75, 3.05) is 40.3 Å². The van der Waals surface area contributed by atoms with Crippen LogP contribution in [-0.2, 0) is 10.0 Å². The number of carbonyl (C=O) groups is 1. The van der Waals surface area contributed by atoms with Gasteiger partial charge in [-0.2, -0.15) is 0 Å². The van der Waals surface area contributed by atoms with Gasteiger partial charge in [-0.3, -0.25) is 4.79 Å². The Morgan fingerprint density at radius 1 is 0.842 bits per heavy atom. The molecule has 206 valence electrons. The van der Waals surface area contributed by atoms with E-state index in [9.17, 15) is 13.2 Å². The van der Waals surface area contributed by atoms with Crippen molar-refractivity contribution in [3.8, 4) is 5.75 Å². The number of quaternary nitrogens is 1. The zero-order chi connectivity index (χ0) is 27.1. The number of nitrogens with one attached hydrogen (secondary N) is 1. The monoisotopic (exact) mass is 602 g/mol. The van der Waals surface area contributed by atoms with Crippen LogP contribution in [0.25, 0.3) is 0 Å². The molecule has 0 radical (unpaired) electrons. The molecule has 0 fully saturated rings. The molecule has 0 saturated heterocycles. The first-order valence-corrected chi connectivity index (χ1v) is 14.2. The normalized spacial score (nSPS) is 11.6. The van der Waals surface area contributed by atoms with Crippen LogP contribution in [-0.4, -0.2) is 59.0 Å². The molecule has 0 aliphatic heterocycles. The van der Waals surface area contributed by atoms with Crippen molar-refractivity contribution >= 4 is 15.8 Å². The summed E-state index contributed by atoms with van der Waals surface area (Å²) in [5.41, 5.74) is 3.92. The maximum Gasteiger partial charge on any atom is 0.241 e. The van der Waals surface area contributed by atoms with Gasteiger partial charge < -0.3 is 26.2 Å². The first kappa shape index (κ1) is 31.7. The number of nitrogens with zero attached hydrogens (tertiary/aromatic N) is 1. The molecule has 3 aromatic rings. The van der Waals surface area contributed by atoms with Crippen LogP contribution in [0.3, 0.4) is 0 Å². The van der Waals surface area contributed by atoms with Crippen LogP contribution in [0.4, 0.5) is 0 Å². The predicted octanol–water partition coefficient (Wildman–Crippen LogP) is 2.06. The van der Waals surface area contributed by atoms with Gasteiger partial charge >= 0.3 is 0 Å². The molecule has 0 aliphatic carbocycles. The predicted molar refractivity (Wildman–Crippen MR) is 149 cm³/mol. The summed E-state index contributed by atoms with van der Waals surface area (Å²) in [4.78, 5) is 12.9. The number of sulfonamides is 1. The van der Waals surface area contributed by atoms with E-state index in [-0.39, 0.29) is 22.8 Å². The minimum atomic E-state index is -3.53. The first-order valence-electron chi connectivity index (χ1n) is 12.7. The van der Waals surface area contributed by atoms with Crippen LogP contribution >= 0.6 is 0 Å². The topological polar surface area (TPSA) is 72.5 Å². The lowest BCUT2D eigenvalue weighted by molar-refractivity contribution is -0.890. The Bertz CT molecular complexity index is 1280. The highest BCUT2D eigenvalue weighted by atomic mass is 79.9. The van der Waals surface area contributed by atoms with Gasteiger partial charge in [0.1, 0.15) is 5.75 Å². The molecular formula is C30H39BrN2O4S. The van der Waals surface area contributed by atoms with Crippen molar-refractivity contribution in [1.29, 1.82) is 0 Å². The van der Waals surface area contributed by atoms with Crippen LogP contribution in [0, 0.1) is 20.8 Å². The molecule has 0 saturated carbocycles. The van der Waals surface area contributed by atoms with E-state index < -0.39 is 10.0 Å². The fraction of sp³-hybridized carbons (Fsp3) is 0.367. The van der Waals surface area contributed by atoms with E-state index in [0.29, 0.717) is 29.2 Å². The highest BCUT2D eigenvalue weighted by molar-refractivity contribution is 7.89. The lowest BCUT2D eigenvalue weighted by atomic mass is 10.0. The molecule has 3 rings (SSSR count). The van der Waals surface area contributed by atoms with Gasteiger partial charge in [-0.05, 0) is 56.2 Å². The quantitative estimate of drug-likeness (QED) is 0.185. The van der Waals surface area contributed by atoms with Gasteiger partial charge in [-0.25, -0.2) is 13.1 Å². The fourth-order valence-electron chi connectivity index (χ4n) is 4.63. The maximum absolute atomic E-state index is 12.8. The molecule has 0 bridgehead atoms. The van der Waals surface area contributed by atoms with Gasteiger partial charge in [0.25, 0.3) is 0 Å². The first-order chi connectivity index (χ1) is 17.5. The van der Waals surface area contributed by atoms with Crippen molar-refractivity contribution in [1.82, 2.24) is 4.72 Å². The van der Waals surface area contributed by atoms with Crippen LogP contribution in [0.15, 0.2) is 71.6 Å². The van der Waals surface area contributed by atoms with Crippen molar-refractivity contribution in [3.63, 3.8) is 0 Å². The lowest BCUT2D eigenvalue weighted by Crippen LogP contribution is -3.00. The molecule has 0 heterocycles. The fourth-order valence-corrected chi connectivity index (χ4v) is 6.15.